The van der Waals surface area contributed by atoms with Gasteiger partial charge in [-0.15, -0.1) is 10.2 Å². The minimum absolute atomic E-state index is 0.0513. The third-order valence-corrected chi connectivity index (χ3v) is 6.70. The maximum Gasteiger partial charge on any atom is 0.310 e. The molecule has 1 aliphatic heterocycles. The molecule has 13 heteroatoms. The second-order valence-electron chi connectivity index (χ2n) is 7.73. The van der Waals surface area contributed by atoms with E-state index in [1.807, 2.05) is 6.92 Å². The van der Waals surface area contributed by atoms with E-state index < -0.39 is 20.5 Å². The van der Waals surface area contributed by atoms with Gasteiger partial charge in [0.2, 0.25) is 11.8 Å². The predicted molar refractivity (Wildman–Crippen MR) is 113 cm³/mol. The van der Waals surface area contributed by atoms with Gasteiger partial charge in [-0.25, -0.2) is 4.98 Å². The van der Waals surface area contributed by atoms with Crippen LogP contribution in [0.3, 0.4) is 0 Å². The fourth-order valence-corrected chi connectivity index (χ4v) is 4.35. The Labute approximate surface area is 185 Å². The van der Waals surface area contributed by atoms with Crippen LogP contribution in [0.25, 0.3) is 11.5 Å². The first kappa shape index (κ1) is 23.0. The van der Waals surface area contributed by atoms with Gasteiger partial charge in [0, 0.05) is 18.4 Å². The first-order valence-corrected chi connectivity index (χ1v) is 12.0. The summed E-state index contributed by atoms with van der Waals surface area (Å²) in [5.41, 5.74) is -0.520. The number of anilines is 2. The summed E-state index contributed by atoms with van der Waals surface area (Å²) in [4.78, 5) is 14.7. The molecule has 0 aliphatic carbocycles. The predicted octanol–water partition coefficient (Wildman–Crippen LogP) is 6.09. The minimum atomic E-state index is -9.76. The molecule has 1 atom stereocenters. The summed E-state index contributed by atoms with van der Waals surface area (Å²) < 4.78 is 70.6. The Kier molecular flexibility index (Phi) is 4.97. The number of halogens is 5. The first-order chi connectivity index (χ1) is 15.3. The van der Waals surface area contributed by atoms with Gasteiger partial charge in [-0.3, -0.25) is 4.79 Å². The molecule has 7 nitrogen and oxygen atoms in total. The van der Waals surface area contributed by atoms with E-state index in [4.69, 9.17) is 4.42 Å². The summed E-state index contributed by atoms with van der Waals surface area (Å²) in [7, 11) is -9.76. The van der Waals surface area contributed by atoms with Crippen molar-refractivity contribution in [3.05, 3.63) is 48.5 Å². The van der Waals surface area contributed by atoms with Gasteiger partial charge in [-0.05, 0) is 55.7 Å². The summed E-state index contributed by atoms with van der Waals surface area (Å²) in [5.74, 6) is 0.175. The van der Waals surface area contributed by atoms with E-state index in [0.29, 0.717) is 37.1 Å². The number of carbonyl (C=O) groups is 1. The molecule has 1 amide bonds. The van der Waals surface area contributed by atoms with Crippen molar-refractivity contribution in [2.75, 3.05) is 11.9 Å². The molecule has 1 aromatic carbocycles. The number of hydrogen-bond donors (Lipinski definition) is 2. The largest absolute Gasteiger partial charge is 0.419 e. The zero-order chi connectivity index (χ0) is 24.0. The van der Waals surface area contributed by atoms with Gasteiger partial charge in [0.15, 0.2) is 0 Å². The second-order valence-corrected chi connectivity index (χ2v) is 10.1. The SMILES string of the molecule is CC[C@@]1(c2nnc(-c3cccnc3Nc3ccc(S(F)(F)(F)(F)F)cc3)o2)CCCNC1=O. The Morgan fingerprint density at radius 2 is 1.85 bits per heavy atom. The molecule has 0 saturated carbocycles. The molecular formula is C20H20F5N5O2S. The number of rotatable bonds is 6. The van der Waals surface area contributed by atoms with Crippen LogP contribution < -0.4 is 10.6 Å². The average Bonchev–Trinajstić information content (AvgIpc) is 3.24. The molecule has 1 fully saturated rings. The Morgan fingerprint density at radius 3 is 2.48 bits per heavy atom. The standard InChI is InChI=1S/C20H20F5N5O2S/c1-2-20(10-4-12-27-18(20)31)19-30-29-17(32-19)15-5-3-11-26-16(15)28-13-6-8-14(9-7-13)33(21,22,23,24)25/h3,5-9,11H,2,4,10,12H2,1H3,(H,26,28)(H,27,31)/t20-/m1/s1. The number of piperidine rings is 1. The number of aromatic nitrogens is 3. The molecule has 0 unspecified atom stereocenters. The topological polar surface area (TPSA) is 92.9 Å². The molecule has 0 bridgehead atoms. The number of benzene rings is 1. The van der Waals surface area contributed by atoms with Crippen molar-refractivity contribution in [2.24, 2.45) is 0 Å². The Bertz CT molecular complexity index is 1200. The van der Waals surface area contributed by atoms with Crippen LogP contribution in [0, 0.1) is 0 Å². The lowest BCUT2D eigenvalue weighted by atomic mass is 9.77. The number of nitrogens with zero attached hydrogens (tertiary/aromatic N) is 3. The van der Waals surface area contributed by atoms with Crippen LogP contribution in [0.15, 0.2) is 51.9 Å². The first-order valence-electron chi connectivity index (χ1n) is 10.0. The molecule has 1 saturated heterocycles. The number of pyridine rings is 1. The molecule has 178 valence electrons. The minimum Gasteiger partial charge on any atom is -0.419 e. The third kappa shape index (κ3) is 4.49. The Morgan fingerprint density at radius 1 is 1.12 bits per heavy atom. The van der Waals surface area contributed by atoms with Crippen LogP contribution in [-0.4, -0.2) is 27.6 Å². The van der Waals surface area contributed by atoms with E-state index in [1.165, 1.54) is 6.20 Å². The molecule has 2 N–H and O–H groups in total. The van der Waals surface area contributed by atoms with E-state index >= 15 is 0 Å². The van der Waals surface area contributed by atoms with Crippen molar-refractivity contribution < 1.29 is 28.6 Å². The van der Waals surface area contributed by atoms with Crippen LogP contribution in [0.1, 0.15) is 32.1 Å². The molecule has 3 aromatic rings. The summed E-state index contributed by atoms with van der Waals surface area (Å²) >= 11 is 0. The van der Waals surface area contributed by atoms with Crippen molar-refractivity contribution in [2.45, 2.75) is 36.5 Å². The van der Waals surface area contributed by atoms with Gasteiger partial charge in [0.25, 0.3) is 5.89 Å². The highest BCUT2D eigenvalue weighted by atomic mass is 32.5. The van der Waals surface area contributed by atoms with Gasteiger partial charge in [-0.2, -0.15) is 0 Å². The average molecular weight is 489 g/mol. The van der Waals surface area contributed by atoms with Crippen molar-refractivity contribution in [1.82, 2.24) is 20.5 Å². The van der Waals surface area contributed by atoms with Crippen LogP contribution in [0.5, 0.6) is 0 Å². The van der Waals surface area contributed by atoms with Crippen molar-refractivity contribution in [1.29, 1.82) is 0 Å². The highest BCUT2D eigenvalue weighted by Gasteiger charge is 2.65. The Hall–Kier alpha value is -3.22. The number of nitrogens with one attached hydrogen (secondary N) is 2. The molecule has 0 spiro atoms. The van der Waals surface area contributed by atoms with E-state index in [9.17, 15) is 24.2 Å². The maximum atomic E-state index is 12.9. The maximum absolute atomic E-state index is 12.9. The molecule has 2 aromatic heterocycles. The van der Waals surface area contributed by atoms with Gasteiger partial charge < -0.3 is 15.1 Å². The van der Waals surface area contributed by atoms with E-state index in [-0.39, 0.29) is 29.2 Å². The Balaban J connectivity index is 1.64. The van der Waals surface area contributed by atoms with Gasteiger partial charge in [0.05, 0.1) is 5.56 Å². The highest BCUT2D eigenvalue weighted by Crippen LogP contribution is 3.02. The smallest absolute Gasteiger partial charge is 0.310 e. The molecule has 3 heterocycles. The summed E-state index contributed by atoms with van der Waals surface area (Å²) in [6.07, 6.45) is 3.19. The summed E-state index contributed by atoms with van der Waals surface area (Å²) in [6.45, 7) is 2.42. The fraction of sp³-hybridized carbons (Fsp3) is 0.300. The number of carbonyl (C=O) groups excluding carboxylic acids is 1. The lowest BCUT2D eigenvalue weighted by molar-refractivity contribution is -0.129. The molecule has 0 radical (unpaired) electrons. The van der Waals surface area contributed by atoms with Crippen LogP contribution in [0.4, 0.5) is 30.9 Å². The van der Waals surface area contributed by atoms with Crippen LogP contribution in [0.2, 0.25) is 0 Å². The van der Waals surface area contributed by atoms with Crippen molar-refractivity contribution in [3.8, 4) is 11.5 Å². The molecule has 33 heavy (non-hydrogen) atoms. The lowest BCUT2D eigenvalue weighted by Crippen LogP contribution is -2.48. The molecular weight excluding hydrogens is 469 g/mol. The van der Waals surface area contributed by atoms with Crippen LogP contribution in [-0.2, 0) is 10.2 Å². The van der Waals surface area contributed by atoms with Gasteiger partial charge in [-0.1, -0.05) is 26.4 Å². The van der Waals surface area contributed by atoms with E-state index in [1.54, 1.807) is 12.1 Å². The third-order valence-electron chi connectivity index (χ3n) is 5.54. The second kappa shape index (κ2) is 7.14. The zero-order valence-electron chi connectivity index (χ0n) is 17.3. The summed E-state index contributed by atoms with van der Waals surface area (Å²) in [6, 6.07) is 5.56. The van der Waals surface area contributed by atoms with Crippen molar-refractivity contribution >= 4 is 27.6 Å². The number of hydrogen-bond acceptors (Lipinski definition) is 6. The summed E-state index contributed by atoms with van der Waals surface area (Å²) in [5, 5.41) is 13.7. The monoisotopic (exact) mass is 489 g/mol. The molecule has 4 rings (SSSR count). The fourth-order valence-electron chi connectivity index (χ4n) is 3.70. The quantitative estimate of drug-likeness (QED) is 0.407. The number of amides is 1. The zero-order valence-corrected chi connectivity index (χ0v) is 18.1. The highest BCUT2D eigenvalue weighted by molar-refractivity contribution is 8.45. The van der Waals surface area contributed by atoms with Crippen LogP contribution >= 0.6 is 10.2 Å². The van der Waals surface area contributed by atoms with Gasteiger partial charge >= 0.3 is 10.2 Å². The molecule has 1 aliphatic rings. The van der Waals surface area contributed by atoms with Crippen molar-refractivity contribution in [3.63, 3.8) is 0 Å². The normalized spacial score (nSPS) is 21.1. The van der Waals surface area contributed by atoms with Gasteiger partial charge in [0.1, 0.15) is 16.1 Å². The van der Waals surface area contributed by atoms with E-state index in [2.05, 4.69) is 25.8 Å². The van der Waals surface area contributed by atoms with E-state index in [0.717, 1.165) is 18.6 Å². The lowest BCUT2D eigenvalue weighted by Gasteiger charge is -2.40.